The van der Waals surface area contributed by atoms with E-state index in [9.17, 15) is 9.59 Å². The molecule has 10 heteroatoms. The Morgan fingerprint density at radius 1 is 0.972 bits per heavy atom. The average Bonchev–Trinajstić information content (AvgIpc) is 2.86. The fraction of sp³-hybridized carbons (Fsp3) is 0.192. The van der Waals surface area contributed by atoms with Crippen LogP contribution in [0.25, 0.3) is 0 Å². The van der Waals surface area contributed by atoms with Crippen LogP contribution in [0.15, 0.2) is 68.7 Å². The Labute approximate surface area is 230 Å². The minimum absolute atomic E-state index is 0.225. The molecule has 0 heterocycles. The third kappa shape index (κ3) is 7.09. The van der Waals surface area contributed by atoms with Gasteiger partial charge >= 0.3 is 5.97 Å². The lowest BCUT2D eigenvalue weighted by Gasteiger charge is -2.14. The summed E-state index contributed by atoms with van der Waals surface area (Å²) < 4.78 is 17.6. The highest BCUT2D eigenvalue weighted by atomic mass is 79.9. The van der Waals surface area contributed by atoms with Crippen LogP contribution < -0.4 is 9.47 Å². The monoisotopic (exact) mass is 637 g/mol. The fourth-order valence-corrected chi connectivity index (χ4v) is 4.58. The van der Waals surface area contributed by atoms with Gasteiger partial charge < -0.3 is 19.0 Å². The maximum atomic E-state index is 13.1. The summed E-state index contributed by atoms with van der Waals surface area (Å²) in [5.74, 6) is 0.635. The Morgan fingerprint density at radius 2 is 1.64 bits per heavy atom. The summed E-state index contributed by atoms with van der Waals surface area (Å²) in [4.78, 5) is 29.6. The van der Waals surface area contributed by atoms with Crippen LogP contribution in [0.5, 0.6) is 17.2 Å². The first-order chi connectivity index (χ1) is 17.2. The quantitative estimate of drug-likeness (QED) is 0.101. The topological polar surface area (TPSA) is 83.4 Å². The highest BCUT2D eigenvalue weighted by Gasteiger charge is 2.18. The van der Waals surface area contributed by atoms with Crippen molar-refractivity contribution < 1.29 is 28.6 Å². The van der Waals surface area contributed by atoms with Crippen molar-refractivity contribution in [3.05, 3.63) is 85.3 Å². The van der Waals surface area contributed by atoms with Gasteiger partial charge in [0.2, 0.25) is 6.61 Å². The summed E-state index contributed by atoms with van der Waals surface area (Å²) in [5.41, 5.74) is 2.11. The van der Waals surface area contributed by atoms with Crippen LogP contribution in [-0.2, 0) is 14.4 Å². The van der Waals surface area contributed by atoms with Crippen LogP contribution >= 0.6 is 43.5 Å². The van der Waals surface area contributed by atoms with Crippen molar-refractivity contribution in [2.45, 2.75) is 13.8 Å². The number of halogens is 3. The SMILES string of the molecule is CCOC(=O)CO/N=C(\C)c1cc(Br)c(Oc2ccc(OC)c(C(=O)c3ccc(Cl)cc3)c2)c(Br)c1. The Morgan fingerprint density at radius 3 is 2.25 bits per heavy atom. The number of carbonyl (C=O) groups excluding carboxylic acids is 2. The van der Waals surface area contributed by atoms with Crippen molar-refractivity contribution in [1.82, 2.24) is 0 Å². The van der Waals surface area contributed by atoms with Gasteiger partial charge in [-0.15, -0.1) is 0 Å². The Bertz CT molecular complexity index is 1270. The molecule has 7 nitrogen and oxygen atoms in total. The maximum Gasteiger partial charge on any atom is 0.347 e. The second-order valence-corrected chi connectivity index (χ2v) is 9.47. The second-order valence-electron chi connectivity index (χ2n) is 7.32. The van der Waals surface area contributed by atoms with Gasteiger partial charge in [-0.25, -0.2) is 4.79 Å². The molecule has 0 aliphatic rings. The number of hydrogen-bond acceptors (Lipinski definition) is 7. The molecule has 3 rings (SSSR count). The van der Waals surface area contributed by atoms with E-state index in [1.54, 1.807) is 68.4 Å². The maximum absolute atomic E-state index is 13.1. The smallest absolute Gasteiger partial charge is 0.347 e. The first-order valence-corrected chi connectivity index (χ1v) is 12.7. The molecule has 0 N–H and O–H groups in total. The molecule has 0 spiro atoms. The van der Waals surface area contributed by atoms with Crippen LogP contribution in [0.4, 0.5) is 0 Å². The van der Waals surface area contributed by atoms with E-state index in [4.69, 9.17) is 30.6 Å². The van der Waals surface area contributed by atoms with E-state index in [1.807, 2.05) is 0 Å². The van der Waals surface area contributed by atoms with Crippen LogP contribution in [0.3, 0.4) is 0 Å². The normalized spacial score (nSPS) is 11.1. The molecule has 0 fully saturated rings. The average molecular weight is 640 g/mol. The van der Waals surface area contributed by atoms with E-state index in [2.05, 4.69) is 37.0 Å². The van der Waals surface area contributed by atoms with Crippen LogP contribution in [0, 0.1) is 0 Å². The molecule has 0 aliphatic heterocycles. The van der Waals surface area contributed by atoms with Gasteiger partial charge in [-0.2, -0.15) is 0 Å². The van der Waals surface area contributed by atoms with E-state index in [1.165, 1.54) is 7.11 Å². The van der Waals surface area contributed by atoms with E-state index in [0.717, 1.165) is 5.56 Å². The molecule has 188 valence electrons. The lowest BCUT2D eigenvalue weighted by atomic mass is 10.0. The molecule has 3 aromatic rings. The summed E-state index contributed by atoms with van der Waals surface area (Å²) in [6.45, 7) is 3.47. The van der Waals surface area contributed by atoms with Crippen molar-refractivity contribution in [3.8, 4) is 17.2 Å². The van der Waals surface area contributed by atoms with Crippen molar-refractivity contribution >= 4 is 60.9 Å². The molecular weight excluding hydrogens is 618 g/mol. The van der Waals surface area contributed by atoms with E-state index < -0.39 is 5.97 Å². The van der Waals surface area contributed by atoms with Gasteiger partial charge in [-0.3, -0.25) is 4.79 Å². The Kier molecular flexibility index (Phi) is 9.92. The molecule has 0 bridgehead atoms. The second kappa shape index (κ2) is 12.9. The predicted octanol–water partition coefficient (Wildman–Crippen LogP) is 7.20. The van der Waals surface area contributed by atoms with Gasteiger partial charge in [-0.05, 0) is 100 Å². The Hall–Kier alpha value is -2.88. The molecule has 0 aliphatic carbocycles. The lowest BCUT2D eigenvalue weighted by molar-refractivity contribution is -0.148. The highest BCUT2D eigenvalue weighted by Crippen LogP contribution is 2.39. The zero-order valence-corrected chi connectivity index (χ0v) is 23.6. The first kappa shape index (κ1) is 27.7. The molecule has 0 atom stereocenters. The number of nitrogens with zero attached hydrogens (tertiary/aromatic N) is 1. The van der Waals surface area contributed by atoms with Gasteiger partial charge in [0.25, 0.3) is 0 Å². The lowest BCUT2D eigenvalue weighted by Crippen LogP contribution is -2.11. The molecule has 0 aromatic heterocycles. The van der Waals surface area contributed by atoms with Crippen molar-refractivity contribution in [2.75, 3.05) is 20.3 Å². The fourth-order valence-electron chi connectivity index (χ4n) is 3.11. The highest BCUT2D eigenvalue weighted by molar-refractivity contribution is 9.11. The van der Waals surface area contributed by atoms with Gasteiger partial charge in [0.15, 0.2) is 11.5 Å². The van der Waals surface area contributed by atoms with Gasteiger partial charge in [-0.1, -0.05) is 16.8 Å². The van der Waals surface area contributed by atoms with Crippen molar-refractivity contribution in [2.24, 2.45) is 5.16 Å². The standard InChI is InChI=1S/C26H22Br2ClNO6/c1-4-34-24(31)14-35-30-15(2)17-11-21(27)26(22(28)12-17)36-19-9-10-23(33-3)20(13-19)25(32)16-5-7-18(29)8-6-16/h5-13H,4,14H2,1-3H3/b30-15+. The number of rotatable bonds is 10. The molecule has 36 heavy (non-hydrogen) atoms. The number of ether oxygens (including phenoxy) is 3. The summed E-state index contributed by atoms with van der Waals surface area (Å²) >= 11 is 13.0. The van der Waals surface area contributed by atoms with Crippen molar-refractivity contribution in [3.63, 3.8) is 0 Å². The number of esters is 1. The number of ketones is 1. The zero-order valence-electron chi connectivity index (χ0n) is 19.6. The van der Waals surface area contributed by atoms with Crippen molar-refractivity contribution in [1.29, 1.82) is 0 Å². The summed E-state index contributed by atoms with van der Waals surface area (Å²) in [6.07, 6.45) is 0. The van der Waals surface area contributed by atoms with Crippen LogP contribution in [-0.4, -0.2) is 37.8 Å². The molecule has 0 radical (unpaired) electrons. The minimum Gasteiger partial charge on any atom is -0.496 e. The number of hydrogen-bond donors (Lipinski definition) is 0. The van der Waals surface area contributed by atoms with Gasteiger partial charge in [0.1, 0.15) is 11.5 Å². The van der Waals surface area contributed by atoms with E-state index in [-0.39, 0.29) is 19.0 Å². The van der Waals surface area contributed by atoms with E-state index >= 15 is 0 Å². The largest absolute Gasteiger partial charge is 0.496 e. The predicted molar refractivity (Wildman–Crippen MR) is 145 cm³/mol. The van der Waals surface area contributed by atoms with Gasteiger partial charge in [0.05, 0.1) is 33.9 Å². The first-order valence-electron chi connectivity index (χ1n) is 10.7. The molecule has 0 saturated heterocycles. The summed E-state index contributed by atoms with van der Waals surface area (Å²) in [6, 6.07) is 15.2. The molecule has 0 amide bonds. The number of oxime groups is 1. The Balaban J connectivity index is 1.83. The number of methoxy groups -OCH3 is 1. The molecule has 3 aromatic carbocycles. The number of benzene rings is 3. The molecular formula is C26H22Br2ClNO6. The third-order valence-electron chi connectivity index (χ3n) is 4.85. The summed E-state index contributed by atoms with van der Waals surface area (Å²) in [7, 11) is 1.50. The minimum atomic E-state index is -0.492. The van der Waals surface area contributed by atoms with Crippen LogP contribution in [0.2, 0.25) is 5.02 Å². The van der Waals surface area contributed by atoms with Gasteiger partial charge in [0, 0.05) is 16.1 Å². The van der Waals surface area contributed by atoms with E-state index in [0.29, 0.717) is 48.1 Å². The zero-order chi connectivity index (χ0) is 26.2. The number of carbonyl (C=O) groups is 2. The molecule has 0 saturated carbocycles. The third-order valence-corrected chi connectivity index (χ3v) is 6.28. The molecule has 0 unspecified atom stereocenters. The summed E-state index contributed by atoms with van der Waals surface area (Å²) in [5, 5.41) is 4.51. The van der Waals surface area contributed by atoms with Crippen LogP contribution in [0.1, 0.15) is 35.3 Å².